The highest BCUT2D eigenvalue weighted by molar-refractivity contribution is 7.77. The molecule has 3 rings (SSSR count). The van der Waals surface area contributed by atoms with Crippen molar-refractivity contribution in [2.24, 2.45) is 0 Å². The van der Waals surface area contributed by atoms with E-state index in [1.807, 2.05) is 66.7 Å². The fourth-order valence-corrected chi connectivity index (χ4v) is 8.32. The minimum absolute atomic E-state index is 0.0596. The van der Waals surface area contributed by atoms with Crippen LogP contribution in [0.25, 0.3) is 0 Å². The van der Waals surface area contributed by atoms with Gasteiger partial charge in [-0.3, -0.25) is 9.65 Å². The van der Waals surface area contributed by atoms with Crippen LogP contribution in [-0.4, -0.2) is 14.1 Å². The molecule has 160 valence electrons. The van der Waals surface area contributed by atoms with Gasteiger partial charge in [-0.2, -0.15) is 0 Å². The Kier molecular flexibility index (Phi) is 7.70. The van der Waals surface area contributed by atoms with Crippen molar-refractivity contribution in [2.75, 3.05) is 0 Å². The van der Waals surface area contributed by atoms with E-state index in [1.54, 1.807) is 0 Å². The molecule has 0 aliphatic rings. The zero-order valence-electron chi connectivity index (χ0n) is 18.7. The third-order valence-corrected chi connectivity index (χ3v) is 10.4. The third kappa shape index (κ3) is 5.85. The quantitative estimate of drug-likeness (QED) is 0.245. The molecule has 4 heteroatoms. The normalized spacial score (nSPS) is 12.7. The van der Waals surface area contributed by atoms with Crippen molar-refractivity contribution in [3.05, 3.63) is 114 Å². The van der Waals surface area contributed by atoms with Crippen molar-refractivity contribution >= 4 is 26.0 Å². The molecular weight excluding hydrogens is 413 g/mol. The summed E-state index contributed by atoms with van der Waals surface area (Å²) < 4.78 is 14.6. The number of aryl methyl sites for hydroxylation is 1. The van der Waals surface area contributed by atoms with Gasteiger partial charge in [0.25, 0.3) is 0 Å². The molecule has 0 aliphatic heterocycles. The van der Waals surface area contributed by atoms with Gasteiger partial charge in [-0.05, 0) is 47.9 Å². The Morgan fingerprint density at radius 1 is 0.871 bits per heavy atom. The zero-order chi connectivity index (χ0) is 22.3. The molecular formula is C27H32NOPSi. The molecule has 0 aliphatic carbocycles. The van der Waals surface area contributed by atoms with Crippen LogP contribution in [0.1, 0.15) is 12.0 Å². The van der Waals surface area contributed by atoms with Gasteiger partial charge in [-0.15, -0.1) is 5.73 Å². The van der Waals surface area contributed by atoms with Gasteiger partial charge in [-0.25, -0.2) is 0 Å². The first-order valence-corrected chi connectivity index (χ1v) is 16.0. The summed E-state index contributed by atoms with van der Waals surface area (Å²) in [6.45, 7) is 10.9. The maximum absolute atomic E-state index is 14.6. The Balaban J connectivity index is 2.03. The van der Waals surface area contributed by atoms with Gasteiger partial charge < -0.3 is 0 Å². The van der Waals surface area contributed by atoms with Crippen LogP contribution in [0, 0.1) is 0 Å². The van der Waals surface area contributed by atoms with Crippen LogP contribution in [0.15, 0.2) is 109 Å². The van der Waals surface area contributed by atoms with Crippen LogP contribution < -0.4 is 15.7 Å². The van der Waals surface area contributed by atoms with Gasteiger partial charge in [-0.1, -0.05) is 93.0 Å². The molecule has 1 N–H and O–H groups in total. The van der Waals surface area contributed by atoms with E-state index in [1.165, 1.54) is 10.8 Å². The second-order valence-electron chi connectivity index (χ2n) is 8.83. The zero-order valence-corrected chi connectivity index (χ0v) is 20.6. The van der Waals surface area contributed by atoms with Gasteiger partial charge in [0.2, 0.25) is 7.29 Å². The Labute approximate surface area is 188 Å². The predicted octanol–water partition coefficient (Wildman–Crippen LogP) is 6.10. The number of hydrogen-bond acceptors (Lipinski definition) is 1. The van der Waals surface area contributed by atoms with Crippen molar-refractivity contribution in [3.8, 4) is 0 Å². The number of nitrogens with one attached hydrogen (secondary N) is 1. The minimum Gasteiger partial charge on any atom is -0.297 e. The number of benzene rings is 3. The standard InChI is InChI=1S/C27H32NOPSi/c1-5-27(31(2,3)4)26(22-21-23-15-9-6-10-16-23)28-30(29,24-17-11-7-12-18-24)25-19-13-8-14-20-25/h6-20,26H,1,21-22H2,2-4H3,(H,28,29)/t26-/m1/s1. The van der Waals surface area contributed by atoms with E-state index in [-0.39, 0.29) is 6.04 Å². The summed E-state index contributed by atoms with van der Waals surface area (Å²) in [4.78, 5) is 0. The van der Waals surface area contributed by atoms with Crippen LogP contribution in [0.5, 0.6) is 0 Å². The van der Waals surface area contributed by atoms with E-state index in [4.69, 9.17) is 0 Å². The first kappa shape index (κ1) is 23.3. The summed E-state index contributed by atoms with van der Waals surface area (Å²) in [6, 6.07) is 30.0. The van der Waals surface area contributed by atoms with Gasteiger partial charge >= 0.3 is 0 Å². The van der Waals surface area contributed by atoms with Crippen molar-refractivity contribution < 1.29 is 4.57 Å². The largest absolute Gasteiger partial charge is 0.297 e. The van der Waals surface area contributed by atoms with E-state index < -0.39 is 15.4 Å². The Bertz CT molecular complexity index is 1020. The van der Waals surface area contributed by atoms with E-state index in [0.29, 0.717) is 0 Å². The van der Waals surface area contributed by atoms with E-state index in [0.717, 1.165) is 23.5 Å². The molecule has 0 radical (unpaired) electrons. The van der Waals surface area contributed by atoms with E-state index >= 15 is 0 Å². The first-order chi connectivity index (χ1) is 14.8. The van der Waals surface area contributed by atoms with Gasteiger partial charge in [0.05, 0.1) is 8.07 Å². The molecule has 0 amide bonds. The lowest BCUT2D eigenvalue weighted by atomic mass is 10.1. The molecule has 2 nitrogen and oxygen atoms in total. The van der Waals surface area contributed by atoms with Crippen LogP contribution in [0.2, 0.25) is 19.6 Å². The SMILES string of the molecule is C=C=C([C@@H](CCc1ccccc1)NP(=O)(c1ccccc1)c1ccccc1)[Si](C)(C)C. The topological polar surface area (TPSA) is 29.1 Å². The molecule has 0 heterocycles. The van der Waals surface area contributed by atoms with Crippen molar-refractivity contribution in [2.45, 2.75) is 38.5 Å². The molecule has 31 heavy (non-hydrogen) atoms. The van der Waals surface area contributed by atoms with Crippen molar-refractivity contribution in [1.29, 1.82) is 0 Å². The maximum atomic E-state index is 14.6. The average Bonchev–Trinajstić information content (AvgIpc) is 2.78. The maximum Gasteiger partial charge on any atom is 0.205 e. The molecule has 0 saturated heterocycles. The summed E-state index contributed by atoms with van der Waals surface area (Å²) in [5.41, 5.74) is 4.53. The summed E-state index contributed by atoms with van der Waals surface area (Å²) in [5, 5.41) is 6.48. The highest BCUT2D eigenvalue weighted by Crippen LogP contribution is 2.41. The lowest BCUT2D eigenvalue weighted by Gasteiger charge is -2.32. The Morgan fingerprint density at radius 2 is 1.32 bits per heavy atom. The van der Waals surface area contributed by atoms with Crippen LogP contribution >= 0.6 is 7.29 Å². The fourth-order valence-electron chi connectivity index (χ4n) is 3.93. The van der Waals surface area contributed by atoms with Gasteiger partial charge in [0, 0.05) is 16.7 Å². The highest BCUT2D eigenvalue weighted by atomic mass is 31.2. The molecule has 0 unspecified atom stereocenters. The van der Waals surface area contributed by atoms with Crippen LogP contribution in [-0.2, 0) is 11.0 Å². The van der Waals surface area contributed by atoms with Crippen LogP contribution in [0.3, 0.4) is 0 Å². The molecule has 0 fully saturated rings. The summed E-state index contributed by atoms with van der Waals surface area (Å²) in [6.07, 6.45) is 1.74. The highest BCUT2D eigenvalue weighted by Gasteiger charge is 2.34. The summed E-state index contributed by atoms with van der Waals surface area (Å²) in [7, 11) is -4.78. The first-order valence-electron chi connectivity index (χ1n) is 10.8. The molecule has 0 saturated carbocycles. The molecule has 1 atom stereocenters. The smallest absolute Gasteiger partial charge is 0.205 e. The van der Waals surface area contributed by atoms with E-state index in [2.05, 4.69) is 61.3 Å². The van der Waals surface area contributed by atoms with Gasteiger partial charge in [0.15, 0.2) is 0 Å². The average molecular weight is 446 g/mol. The van der Waals surface area contributed by atoms with Crippen molar-refractivity contribution in [1.82, 2.24) is 5.09 Å². The monoisotopic (exact) mass is 445 g/mol. The summed E-state index contributed by atoms with van der Waals surface area (Å²) in [5.74, 6) is 0. The van der Waals surface area contributed by atoms with E-state index in [9.17, 15) is 4.57 Å². The Morgan fingerprint density at radius 3 is 1.74 bits per heavy atom. The molecule has 3 aromatic carbocycles. The lowest BCUT2D eigenvalue weighted by molar-refractivity contribution is 0.563. The molecule has 0 aromatic heterocycles. The molecule has 0 bridgehead atoms. The Hall–Kier alpha value is -2.41. The number of rotatable bonds is 9. The second kappa shape index (κ2) is 10.3. The fraction of sp³-hybridized carbons (Fsp3) is 0.222. The summed E-state index contributed by atoms with van der Waals surface area (Å²) >= 11 is 0. The predicted molar refractivity (Wildman–Crippen MR) is 137 cm³/mol. The molecule has 0 spiro atoms. The van der Waals surface area contributed by atoms with Crippen LogP contribution in [0.4, 0.5) is 0 Å². The van der Waals surface area contributed by atoms with Gasteiger partial charge in [0.1, 0.15) is 0 Å². The minimum atomic E-state index is -3.05. The lowest BCUT2D eigenvalue weighted by Crippen LogP contribution is -2.42. The third-order valence-electron chi connectivity index (χ3n) is 5.49. The second-order valence-corrected chi connectivity index (χ2v) is 16.4. The van der Waals surface area contributed by atoms with Crippen molar-refractivity contribution in [3.63, 3.8) is 0 Å². The molecule has 3 aromatic rings. The number of hydrogen-bond donors (Lipinski definition) is 1.